The van der Waals surface area contributed by atoms with Crippen LogP contribution in [0.4, 0.5) is 0 Å². The predicted octanol–water partition coefficient (Wildman–Crippen LogP) is 2.58. The Bertz CT molecular complexity index is 876. The molecule has 3 rings (SSSR count). The van der Waals surface area contributed by atoms with Crippen LogP contribution in [-0.2, 0) is 11.3 Å². The van der Waals surface area contributed by atoms with E-state index in [1.54, 1.807) is 17.9 Å². The second-order valence-electron chi connectivity index (χ2n) is 6.40. The monoisotopic (exact) mass is 365 g/mol. The molecule has 1 aromatic heterocycles. The van der Waals surface area contributed by atoms with Crippen LogP contribution in [0.3, 0.4) is 0 Å². The van der Waals surface area contributed by atoms with Crippen LogP contribution < -0.4 is 4.74 Å². The van der Waals surface area contributed by atoms with Gasteiger partial charge in [0.25, 0.3) is 5.91 Å². The third kappa shape index (κ3) is 4.74. The van der Waals surface area contributed by atoms with Gasteiger partial charge in [0.1, 0.15) is 12.4 Å². The van der Waals surface area contributed by atoms with Gasteiger partial charge in [-0.05, 0) is 42.3 Å². The lowest BCUT2D eigenvalue weighted by Crippen LogP contribution is -2.39. The number of amides is 1. The smallest absolute Gasteiger partial charge is 0.255 e. The molecule has 140 valence electrons. The highest BCUT2D eigenvalue weighted by Gasteiger charge is 2.20. The maximum absolute atomic E-state index is 12.4. The zero-order valence-corrected chi connectivity index (χ0v) is 15.4. The molecule has 0 spiro atoms. The molecule has 0 aliphatic carbocycles. The zero-order chi connectivity index (χ0) is 19.2. The number of benzene rings is 2. The van der Waals surface area contributed by atoms with Gasteiger partial charge >= 0.3 is 0 Å². The minimum atomic E-state index is -1.21. The summed E-state index contributed by atoms with van der Waals surface area (Å²) in [5.41, 5.74) is 2.88. The highest BCUT2D eigenvalue weighted by Crippen LogP contribution is 2.16. The van der Waals surface area contributed by atoms with Gasteiger partial charge in [-0.2, -0.15) is 5.10 Å². The summed E-state index contributed by atoms with van der Waals surface area (Å²) in [6, 6.07) is 17.1. The standard InChI is InChI=1S/C21H23N3O3/c1-16-6-3-4-7-20(16)27-15-19(25)21(26)23(2)14-17-8-10-18(11-9-17)24-13-5-12-22-24/h3-13,19,25H,14-15H2,1-2H3/t19-/m1/s1. The van der Waals surface area contributed by atoms with Gasteiger partial charge in [-0.3, -0.25) is 4.79 Å². The van der Waals surface area contributed by atoms with Crippen LogP contribution in [0.5, 0.6) is 5.75 Å². The highest BCUT2D eigenvalue weighted by molar-refractivity contribution is 5.80. The van der Waals surface area contributed by atoms with E-state index < -0.39 is 6.10 Å². The lowest BCUT2D eigenvalue weighted by molar-refractivity contribution is -0.140. The van der Waals surface area contributed by atoms with Crippen LogP contribution in [0.2, 0.25) is 0 Å². The van der Waals surface area contributed by atoms with Crippen LogP contribution in [0.1, 0.15) is 11.1 Å². The molecule has 0 aliphatic rings. The molecular formula is C21H23N3O3. The number of rotatable bonds is 7. The van der Waals surface area contributed by atoms with Gasteiger partial charge in [0, 0.05) is 26.0 Å². The van der Waals surface area contributed by atoms with Gasteiger partial charge in [0.2, 0.25) is 0 Å². The number of nitrogens with zero attached hydrogens (tertiary/aromatic N) is 3. The third-order valence-corrected chi connectivity index (χ3v) is 4.28. The summed E-state index contributed by atoms with van der Waals surface area (Å²) >= 11 is 0. The van der Waals surface area contributed by atoms with Gasteiger partial charge in [-0.1, -0.05) is 30.3 Å². The molecule has 1 atom stereocenters. The van der Waals surface area contributed by atoms with Crippen molar-refractivity contribution in [2.24, 2.45) is 0 Å². The Kier molecular flexibility index (Phi) is 5.88. The number of likely N-dealkylation sites (N-methyl/N-ethyl adjacent to an activating group) is 1. The topological polar surface area (TPSA) is 67.6 Å². The van der Waals surface area contributed by atoms with Gasteiger partial charge < -0.3 is 14.7 Å². The van der Waals surface area contributed by atoms with Crippen molar-refractivity contribution in [3.05, 3.63) is 78.1 Å². The second kappa shape index (κ2) is 8.51. The van der Waals surface area contributed by atoms with Crippen LogP contribution in [-0.4, -0.2) is 45.5 Å². The Morgan fingerprint density at radius 1 is 1.19 bits per heavy atom. The molecular weight excluding hydrogens is 342 g/mol. The molecule has 0 bridgehead atoms. The number of aromatic nitrogens is 2. The number of carbonyl (C=O) groups is 1. The normalized spacial score (nSPS) is 11.8. The zero-order valence-electron chi connectivity index (χ0n) is 15.4. The summed E-state index contributed by atoms with van der Waals surface area (Å²) in [7, 11) is 1.67. The molecule has 0 saturated heterocycles. The lowest BCUT2D eigenvalue weighted by Gasteiger charge is -2.21. The largest absolute Gasteiger partial charge is 0.490 e. The van der Waals surface area contributed by atoms with Crippen molar-refractivity contribution in [1.29, 1.82) is 0 Å². The Labute approximate surface area is 158 Å². The van der Waals surface area contributed by atoms with Crippen molar-refractivity contribution in [3.8, 4) is 11.4 Å². The van der Waals surface area contributed by atoms with Crippen LogP contribution >= 0.6 is 0 Å². The van der Waals surface area contributed by atoms with E-state index in [0.717, 1.165) is 16.8 Å². The maximum Gasteiger partial charge on any atom is 0.255 e. The molecule has 0 radical (unpaired) electrons. The fourth-order valence-corrected chi connectivity index (χ4v) is 2.74. The Morgan fingerprint density at radius 3 is 2.59 bits per heavy atom. The molecule has 27 heavy (non-hydrogen) atoms. The van der Waals surface area contributed by atoms with Crippen molar-refractivity contribution in [2.45, 2.75) is 19.6 Å². The number of para-hydroxylation sites is 1. The van der Waals surface area contributed by atoms with E-state index >= 15 is 0 Å². The highest BCUT2D eigenvalue weighted by atomic mass is 16.5. The Hall–Kier alpha value is -3.12. The van der Waals surface area contributed by atoms with E-state index in [0.29, 0.717) is 12.3 Å². The number of hydrogen-bond acceptors (Lipinski definition) is 4. The molecule has 6 heteroatoms. The first-order valence-corrected chi connectivity index (χ1v) is 8.75. The van der Waals surface area contributed by atoms with E-state index in [2.05, 4.69) is 5.10 Å². The van der Waals surface area contributed by atoms with E-state index in [1.165, 1.54) is 4.90 Å². The number of hydrogen-bond donors (Lipinski definition) is 1. The molecule has 1 heterocycles. The second-order valence-corrected chi connectivity index (χ2v) is 6.40. The van der Waals surface area contributed by atoms with Crippen molar-refractivity contribution in [1.82, 2.24) is 14.7 Å². The average Bonchev–Trinajstić information content (AvgIpc) is 3.22. The summed E-state index contributed by atoms with van der Waals surface area (Å²) in [6.07, 6.45) is 2.38. The number of ether oxygens (including phenoxy) is 1. The van der Waals surface area contributed by atoms with Gasteiger partial charge in [-0.15, -0.1) is 0 Å². The molecule has 2 aromatic carbocycles. The van der Waals surface area contributed by atoms with Crippen LogP contribution in [0.15, 0.2) is 67.0 Å². The van der Waals surface area contributed by atoms with E-state index in [-0.39, 0.29) is 12.5 Å². The molecule has 1 amide bonds. The van der Waals surface area contributed by atoms with E-state index in [1.807, 2.05) is 67.7 Å². The first kappa shape index (κ1) is 18.7. The summed E-state index contributed by atoms with van der Waals surface area (Å²) in [4.78, 5) is 13.9. The minimum Gasteiger partial charge on any atom is -0.490 e. The minimum absolute atomic E-state index is 0.0771. The maximum atomic E-state index is 12.4. The predicted molar refractivity (Wildman–Crippen MR) is 103 cm³/mol. The summed E-state index contributed by atoms with van der Waals surface area (Å²) in [5, 5.41) is 14.3. The van der Waals surface area contributed by atoms with Crippen LogP contribution in [0.25, 0.3) is 5.69 Å². The molecule has 3 aromatic rings. The van der Waals surface area contributed by atoms with Crippen molar-refractivity contribution < 1.29 is 14.6 Å². The fourth-order valence-electron chi connectivity index (χ4n) is 2.74. The van der Waals surface area contributed by atoms with Gasteiger partial charge in [0.15, 0.2) is 6.10 Å². The van der Waals surface area contributed by atoms with E-state index in [9.17, 15) is 9.90 Å². The number of carbonyl (C=O) groups excluding carboxylic acids is 1. The number of aryl methyl sites for hydroxylation is 1. The summed E-state index contributed by atoms with van der Waals surface area (Å²) in [6.45, 7) is 2.24. The molecule has 0 saturated carbocycles. The molecule has 0 fully saturated rings. The van der Waals surface area contributed by atoms with Gasteiger partial charge in [-0.25, -0.2) is 4.68 Å². The molecule has 1 N–H and O–H groups in total. The van der Waals surface area contributed by atoms with Crippen LogP contribution in [0, 0.1) is 6.92 Å². The number of aliphatic hydroxyl groups excluding tert-OH is 1. The number of aliphatic hydroxyl groups is 1. The Morgan fingerprint density at radius 2 is 1.93 bits per heavy atom. The molecule has 0 unspecified atom stereocenters. The molecule has 6 nitrogen and oxygen atoms in total. The summed E-state index contributed by atoms with van der Waals surface area (Å²) < 4.78 is 7.34. The first-order chi connectivity index (χ1) is 13.0. The van der Waals surface area contributed by atoms with Crippen molar-refractivity contribution >= 4 is 5.91 Å². The fraction of sp³-hybridized carbons (Fsp3) is 0.238. The summed E-state index contributed by atoms with van der Waals surface area (Å²) in [5.74, 6) is 0.293. The third-order valence-electron chi connectivity index (χ3n) is 4.28. The van der Waals surface area contributed by atoms with Gasteiger partial charge in [0.05, 0.1) is 5.69 Å². The Balaban J connectivity index is 1.54. The van der Waals surface area contributed by atoms with E-state index in [4.69, 9.17) is 4.74 Å². The lowest BCUT2D eigenvalue weighted by atomic mass is 10.2. The average molecular weight is 365 g/mol. The van der Waals surface area contributed by atoms with Crippen molar-refractivity contribution in [3.63, 3.8) is 0 Å². The first-order valence-electron chi connectivity index (χ1n) is 8.75. The van der Waals surface area contributed by atoms with Crippen molar-refractivity contribution in [2.75, 3.05) is 13.7 Å². The quantitative estimate of drug-likeness (QED) is 0.699. The molecule has 0 aliphatic heterocycles. The SMILES string of the molecule is Cc1ccccc1OC[C@@H](O)C(=O)N(C)Cc1ccc(-n2cccn2)cc1.